The fourth-order valence-electron chi connectivity index (χ4n) is 2.91. The summed E-state index contributed by atoms with van der Waals surface area (Å²) in [5, 5.41) is 4.23. The van der Waals surface area contributed by atoms with E-state index >= 15 is 0 Å². The van der Waals surface area contributed by atoms with Crippen molar-refractivity contribution < 1.29 is 4.74 Å². The van der Waals surface area contributed by atoms with Gasteiger partial charge in [-0.3, -0.25) is 0 Å². The Morgan fingerprint density at radius 1 is 1.12 bits per heavy atom. The topological polar surface area (TPSA) is 50.5 Å². The van der Waals surface area contributed by atoms with E-state index in [9.17, 15) is 0 Å². The number of hydrogen-bond acceptors (Lipinski definition) is 4. The number of nitrogens with one attached hydrogen (secondary N) is 1. The average molecular weight is 346 g/mol. The normalized spacial score (nSPS) is 14.8. The molecule has 1 aliphatic heterocycles. The van der Waals surface area contributed by atoms with Gasteiger partial charge in [0.2, 0.25) is 0 Å². The van der Waals surface area contributed by atoms with Gasteiger partial charge in [-0.2, -0.15) is 0 Å². The van der Waals surface area contributed by atoms with E-state index in [0.717, 1.165) is 56.4 Å². The Kier molecular flexibility index (Phi) is 5.96. The largest absolute Gasteiger partial charge is 0.399 e. The van der Waals surface area contributed by atoms with Gasteiger partial charge in [-0.1, -0.05) is 29.8 Å². The maximum absolute atomic E-state index is 6.21. The summed E-state index contributed by atoms with van der Waals surface area (Å²) in [7, 11) is 0. The molecule has 1 fully saturated rings. The second kappa shape index (κ2) is 8.38. The summed E-state index contributed by atoms with van der Waals surface area (Å²) < 4.78 is 5.42. The lowest BCUT2D eigenvalue weighted by Gasteiger charge is -2.29. The molecule has 3 N–H and O–H groups in total. The van der Waals surface area contributed by atoms with Crippen LogP contribution in [0.2, 0.25) is 5.02 Å². The molecule has 2 aromatic rings. The molecule has 3 rings (SSSR count). The monoisotopic (exact) mass is 345 g/mol. The number of halogens is 1. The lowest BCUT2D eigenvalue weighted by molar-refractivity contribution is 0.122. The number of morpholine rings is 1. The molecule has 24 heavy (non-hydrogen) atoms. The Bertz CT molecular complexity index is 671. The van der Waals surface area contributed by atoms with Gasteiger partial charge in [0, 0.05) is 36.0 Å². The Labute approximate surface area is 148 Å². The van der Waals surface area contributed by atoms with Crippen molar-refractivity contribution in [2.45, 2.75) is 13.0 Å². The molecule has 0 unspecified atom stereocenters. The Balaban J connectivity index is 1.49. The molecule has 0 aromatic heterocycles. The average Bonchev–Trinajstić information content (AvgIpc) is 2.61. The number of benzene rings is 2. The lowest BCUT2D eigenvalue weighted by Crippen LogP contribution is -2.36. The molecule has 0 radical (unpaired) electrons. The third kappa shape index (κ3) is 4.63. The van der Waals surface area contributed by atoms with Crippen LogP contribution >= 0.6 is 11.6 Å². The summed E-state index contributed by atoms with van der Waals surface area (Å²) in [5.41, 5.74) is 10.1. The molecular weight excluding hydrogens is 322 g/mol. The molecule has 0 amide bonds. The third-order valence-electron chi connectivity index (χ3n) is 4.26. The van der Waals surface area contributed by atoms with Gasteiger partial charge >= 0.3 is 0 Å². The van der Waals surface area contributed by atoms with Crippen LogP contribution in [0.5, 0.6) is 0 Å². The highest BCUT2D eigenvalue weighted by atomic mass is 35.5. The van der Waals surface area contributed by atoms with E-state index in [0.29, 0.717) is 5.69 Å². The zero-order valence-electron chi connectivity index (χ0n) is 13.8. The van der Waals surface area contributed by atoms with E-state index in [2.05, 4.69) is 34.5 Å². The van der Waals surface area contributed by atoms with Gasteiger partial charge in [-0.15, -0.1) is 0 Å². The summed E-state index contributed by atoms with van der Waals surface area (Å²) in [5.74, 6) is 0. The van der Waals surface area contributed by atoms with E-state index < -0.39 is 0 Å². The molecule has 0 bridgehead atoms. The minimum Gasteiger partial charge on any atom is -0.399 e. The number of hydrogen-bond donors (Lipinski definition) is 2. The number of nitrogen functional groups attached to an aromatic ring is 1. The van der Waals surface area contributed by atoms with Crippen LogP contribution in [-0.4, -0.2) is 32.8 Å². The molecule has 4 nitrogen and oxygen atoms in total. The first kappa shape index (κ1) is 17.1. The Hall–Kier alpha value is -1.75. The van der Waals surface area contributed by atoms with Gasteiger partial charge in [-0.05, 0) is 48.4 Å². The van der Waals surface area contributed by atoms with Crippen LogP contribution in [0.15, 0.2) is 42.5 Å². The molecule has 0 atom stereocenters. The molecule has 1 heterocycles. The van der Waals surface area contributed by atoms with Crippen molar-refractivity contribution in [2.24, 2.45) is 0 Å². The summed E-state index contributed by atoms with van der Waals surface area (Å²) in [6, 6.07) is 14.4. The van der Waals surface area contributed by atoms with Gasteiger partial charge in [0.05, 0.1) is 13.2 Å². The zero-order valence-corrected chi connectivity index (χ0v) is 14.6. The Morgan fingerprint density at radius 3 is 2.75 bits per heavy atom. The van der Waals surface area contributed by atoms with Crippen LogP contribution in [-0.2, 0) is 17.7 Å². The Morgan fingerprint density at radius 2 is 1.96 bits per heavy atom. The molecule has 1 saturated heterocycles. The minimum absolute atomic E-state index is 0.705. The van der Waals surface area contributed by atoms with Crippen LogP contribution in [0.25, 0.3) is 0 Å². The highest BCUT2D eigenvalue weighted by Gasteiger charge is 2.11. The molecular formula is C19H24ClN3O. The number of nitrogens with zero attached hydrogens (tertiary/aromatic N) is 1. The van der Waals surface area contributed by atoms with Gasteiger partial charge in [-0.25, -0.2) is 0 Å². The SMILES string of the molecule is Nc1ccc(CCNCc2cccc(N3CCOCC3)c2)c(Cl)c1. The second-order valence-corrected chi connectivity index (χ2v) is 6.45. The molecule has 0 aliphatic carbocycles. The van der Waals surface area contributed by atoms with Crippen molar-refractivity contribution in [1.82, 2.24) is 5.32 Å². The smallest absolute Gasteiger partial charge is 0.0642 e. The summed E-state index contributed by atoms with van der Waals surface area (Å²) in [4.78, 5) is 2.38. The van der Waals surface area contributed by atoms with Crippen molar-refractivity contribution in [3.8, 4) is 0 Å². The van der Waals surface area contributed by atoms with E-state index in [4.69, 9.17) is 22.1 Å². The molecule has 1 aliphatic rings. The van der Waals surface area contributed by atoms with Gasteiger partial charge in [0.15, 0.2) is 0 Å². The van der Waals surface area contributed by atoms with Crippen molar-refractivity contribution >= 4 is 23.0 Å². The predicted molar refractivity (Wildman–Crippen MR) is 101 cm³/mol. The van der Waals surface area contributed by atoms with E-state index in [-0.39, 0.29) is 0 Å². The number of rotatable bonds is 6. The fourth-order valence-corrected chi connectivity index (χ4v) is 3.19. The molecule has 0 spiro atoms. The maximum atomic E-state index is 6.21. The quantitative estimate of drug-likeness (QED) is 0.624. The van der Waals surface area contributed by atoms with Gasteiger partial charge in [0.1, 0.15) is 0 Å². The molecule has 0 saturated carbocycles. The molecule has 128 valence electrons. The third-order valence-corrected chi connectivity index (χ3v) is 4.62. The first-order chi connectivity index (χ1) is 11.7. The van der Waals surface area contributed by atoms with Crippen LogP contribution < -0.4 is 16.0 Å². The van der Waals surface area contributed by atoms with Crippen LogP contribution in [0.3, 0.4) is 0 Å². The van der Waals surface area contributed by atoms with Gasteiger partial charge < -0.3 is 20.7 Å². The van der Waals surface area contributed by atoms with Gasteiger partial charge in [0.25, 0.3) is 0 Å². The summed E-state index contributed by atoms with van der Waals surface area (Å²) >= 11 is 6.21. The molecule has 2 aromatic carbocycles. The van der Waals surface area contributed by atoms with Crippen LogP contribution in [0.4, 0.5) is 11.4 Å². The van der Waals surface area contributed by atoms with E-state index in [1.807, 2.05) is 18.2 Å². The zero-order chi connectivity index (χ0) is 16.8. The van der Waals surface area contributed by atoms with Crippen LogP contribution in [0, 0.1) is 0 Å². The first-order valence-electron chi connectivity index (χ1n) is 8.38. The lowest BCUT2D eigenvalue weighted by atomic mass is 10.1. The minimum atomic E-state index is 0.705. The first-order valence-corrected chi connectivity index (χ1v) is 8.76. The fraction of sp³-hybridized carbons (Fsp3) is 0.368. The number of ether oxygens (including phenoxy) is 1. The van der Waals surface area contributed by atoms with E-state index in [1.165, 1.54) is 11.3 Å². The van der Waals surface area contributed by atoms with E-state index in [1.54, 1.807) is 0 Å². The van der Waals surface area contributed by atoms with Crippen LogP contribution in [0.1, 0.15) is 11.1 Å². The maximum Gasteiger partial charge on any atom is 0.0642 e. The standard InChI is InChI=1S/C19H24ClN3O/c20-19-13-17(21)5-4-16(19)6-7-22-14-15-2-1-3-18(12-15)23-8-10-24-11-9-23/h1-5,12-13,22H,6-11,14,21H2. The highest BCUT2D eigenvalue weighted by molar-refractivity contribution is 6.31. The second-order valence-electron chi connectivity index (χ2n) is 6.05. The molecule has 5 heteroatoms. The summed E-state index contributed by atoms with van der Waals surface area (Å²) in [6.07, 6.45) is 0.891. The predicted octanol–water partition coefficient (Wildman–Crippen LogP) is 3.09. The van der Waals surface area contributed by atoms with Crippen molar-refractivity contribution in [3.05, 3.63) is 58.6 Å². The van der Waals surface area contributed by atoms with Crippen molar-refractivity contribution in [1.29, 1.82) is 0 Å². The number of nitrogens with two attached hydrogens (primary N) is 1. The number of anilines is 2. The van der Waals surface area contributed by atoms with Crippen molar-refractivity contribution in [3.63, 3.8) is 0 Å². The summed E-state index contributed by atoms with van der Waals surface area (Å²) in [6.45, 7) is 5.28. The van der Waals surface area contributed by atoms with Crippen molar-refractivity contribution in [2.75, 3.05) is 43.5 Å². The highest BCUT2D eigenvalue weighted by Crippen LogP contribution is 2.20.